The first-order chi connectivity index (χ1) is 5.15. The molecule has 0 aromatic carbocycles. The largest absolute Gasteiger partial charge is 0.493 e. The molecule has 0 aliphatic carbocycles. The molecule has 0 atom stereocenters. The van der Waals surface area contributed by atoms with Gasteiger partial charge in [0, 0.05) is 0 Å². The molecule has 0 saturated heterocycles. The summed E-state index contributed by atoms with van der Waals surface area (Å²) in [6.45, 7) is 1.60. The quantitative estimate of drug-likeness (QED) is 0.497. The predicted octanol–water partition coefficient (Wildman–Crippen LogP) is -0.757. The van der Waals surface area contributed by atoms with Crippen LogP contribution in [0.15, 0.2) is 4.79 Å². The predicted molar refractivity (Wildman–Crippen MR) is 39.2 cm³/mol. The van der Waals surface area contributed by atoms with E-state index in [2.05, 4.69) is 9.97 Å². The summed E-state index contributed by atoms with van der Waals surface area (Å²) in [4.78, 5) is 16.9. The fraction of sp³-hybridized carbons (Fsp3) is 0.333. The van der Waals surface area contributed by atoms with Gasteiger partial charge in [0.1, 0.15) is 5.82 Å². The third-order valence-corrected chi connectivity index (χ3v) is 1.37. The lowest BCUT2D eigenvalue weighted by molar-refractivity contribution is 0.442. The number of hydrogen-bond donors (Lipinski definition) is 3. The molecule has 5 nitrogen and oxygen atoms in total. The monoisotopic (exact) mass is 155 g/mol. The molecule has 0 amide bonds. The molecule has 5 heteroatoms. The third-order valence-electron chi connectivity index (χ3n) is 1.37. The SMILES string of the molecule is Cc1c(O)nc(CN)[nH]c1=O. The Kier molecular flexibility index (Phi) is 1.91. The molecule has 0 spiro atoms. The van der Waals surface area contributed by atoms with Crippen LogP contribution in [0, 0.1) is 6.92 Å². The van der Waals surface area contributed by atoms with Crippen molar-refractivity contribution in [3.05, 3.63) is 21.7 Å². The molecule has 1 heterocycles. The van der Waals surface area contributed by atoms with Crippen LogP contribution in [-0.2, 0) is 6.54 Å². The van der Waals surface area contributed by atoms with Gasteiger partial charge in [-0.3, -0.25) is 4.79 Å². The Morgan fingerprint density at radius 3 is 2.82 bits per heavy atom. The summed E-state index contributed by atoms with van der Waals surface area (Å²) < 4.78 is 0. The summed E-state index contributed by atoms with van der Waals surface area (Å²) in [5.41, 5.74) is 5.06. The molecule has 1 rings (SSSR count). The minimum Gasteiger partial charge on any atom is -0.493 e. The number of aromatic nitrogens is 2. The van der Waals surface area contributed by atoms with Crippen LogP contribution >= 0.6 is 0 Å². The van der Waals surface area contributed by atoms with E-state index in [1.807, 2.05) is 0 Å². The van der Waals surface area contributed by atoms with Crippen molar-refractivity contribution in [2.45, 2.75) is 13.5 Å². The van der Waals surface area contributed by atoms with Crippen LogP contribution in [0.2, 0.25) is 0 Å². The number of rotatable bonds is 1. The topological polar surface area (TPSA) is 92.0 Å². The molecule has 0 aliphatic heterocycles. The average Bonchev–Trinajstić information content (AvgIpc) is 1.99. The number of aromatic amines is 1. The van der Waals surface area contributed by atoms with Gasteiger partial charge in [-0.05, 0) is 6.92 Å². The highest BCUT2D eigenvalue weighted by Crippen LogP contribution is 2.04. The molecule has 0 unspecified atom stereocenters. The first-order valence-corrected chi connectivity index (χ1v) is 3.14. The van der Waals surface area contributed by atoms with Crippen LogP contribution in [0.25, 0.3) is 0 Å². The Hall–Kier alpha value is -1.36. The second-order valence-electron chi connectivity index (χ2n) is 2.17. The molecule has 0 bridgehead atoms. The van der Waals surface area contributed by atoms with Gasteiger partial charge >= 0.3 is 0 Å². The molecule has 11 heavy (non-hydrogen) atoms. The molecule has 60 valence electrons. The molecule has 4 N–H and O–H groups in total. The Bertz CT molecular complexity index is 318. The lowest BCUT2D eigenvalue weighted by Gasteiger charge is -1.98. The van der Waals surface area contributed by atoms with Gasteiger partial charge in [0.05, 0.1) is 12.1 Å². The highest BCUT2D eigenvalue weighted by Gasteiger charge is 2.03. The van der Waals surface area contributed by atoms with Crippen LogP contribution in [-0.4, -0.2) is 15.1 Å². The van der Waals surface area contributed by atoms with E-state index in [4.69, 9.17) is 10.8 Å². The van der Waals surface area contributed by atoms with Crippen molar-refractivity contribution in [1.82, 2.24) is 9.97 Å². The highest BCUT2D eigenvalue weighted by molar-refractivity contribution is 5.19. The van der Waals surface area contributed by atoms with E-state index in [0.717, 1.165) is 0 Å². The van der Waals surface area contributed by atoms with E-state index in [0.29, 0.717) is 0 Å². The summed E-state index contributed by atoms with van der Waals surface area (Å²) in [6.07, 6.45) is 0. The molecule has 0 saturated carbocycles. The summed E-state index contributed by atoms with van der Waals surface area (Å²) >= 11 is 0. The maximum atomic E-state index is 10.9. The fourth-order valence-electron chi connectivity index (χ4n) is 0.663. The maximum Gasteiger partial charge on any atom is 0.257 e. The summed E-state index contributed by atoms with van der Waals surface area (Å²) in [6, 6.07) is 0. The average molecular weight is 155 g/mol. The molecule has 1 aromatic heterocycles. The number of nitrogens with zero attached hydrogens (tertiary/aromatic N) is 1. The number of H-pyrrole nitrogens is 1. The lowest BCUT2D eigenvalue weighted by atomic mass is 10.3. The van der Waals surface area contributed by atoms with Crippen LogP contribution < -0.4 is 11.3 Å². The van der Waals surface area contributed by atoms with Gasteiger partial charge in [0.2, 0.25) is 5.88 Å². The zero-order valence-corrected chi connectivity index (χ0v) is 6.09. The van der Waals surface area contributed by atoms with Crippen molar-refractivity contribution in [2.75, 3.05) is 0 Å². The van der Waals surface area contributed by atoms with Crippen molar-refractivity contribution >= 4 is 0 Å². The molecule has 0 aliphatic rings. The lowest BCUT2D eigenvalue weighted by Crippen LogP contribution is -2.16. The van der Waals surface area contributed by atoms with Gasteiger partial charge in [0.25, 0.3) is 5.56 Å². The van der Waals surface area contributed by atoms with E-state index in [9.17, 15) is 4.79 Å². The van der Waals surface area contributed by atoms with Gasteiger partial charge in [-0.15, -0.1) is 0 Å². The normalized spacial score (nSPS) is 10.0. The van der Waals surface area contributed by atoms with Gasteiger partial charge in [-0.2, -0.15) is 4.98 Å². The summed E-state index contributed by atoms with van der Waals surface area (Å²) in [5, 5.41) is 9.03. The highest BCUT2D eigenvalue weighted by atomic mass is 16.3. The molecule has 0 radical (unpaired) electrons. The molecular formula is C6H9N3O2. The van der Waals surface area contributed by atoms with E-state index < -0.39 is 0 Å². The molecule has 0 fully saturated rings. The maximum absolute atomic E-state index is 10.9. The Morgan fingerprint density at radius 1 is 1.73 bits per heavy atom. The second-order valence-corrected chi connectivity index (χ2v) is 2.17. The second kappa shape index (κ2) is 2.71. The van der Waals surface area contributed by atoms with Crippen LogP contribution in [0.3, 0.4) is 0 Å². The third kappa shape index (κ3) is 1.38. The fourth-order valence-corrected chi connectivity index (χ4v) is 0.663. The molecular weight excluding hydrogens is 146 g/mol. The Labute approximate surface area is 62.9 Å². The number of nitrogens with one attached hydrogen (secondary N) is 1. The first kappa shape index (κ1) is 7.74. The van der Waals surface area contributed by atoms with Crippen molar-refractivity contribution < 1.29 is 5.11 Å². The van der Waals surface area contributed by atoms with E-state index in [-0.39, 0.29) is 29.4 Å². The van der Waals surface area contributed by atoms with Crippen LogP contribution in [0.5, 0.6) is 5.88 Å². The van der Waals surface area contributed by atoms with E-state index >= 15 is 0 Å². The molecule has 1 aromatic rings. The van der Waals surface area contributed by atoms with Gasteiger partial charge in [-0.25, -0.2) is 0 Å². The van der Waals surface area contributed by atoms with Gasteiger partial charge in [-0.1, -0.05) is 0 Å². The summed E-state index contributed by atoms with van der Waals surface area (Å²) in [5.74, 6) is 0.0345. The smallest absolute Gasteiger partial charge is 0.257 e. The zero-order chi connectivity index (χ0) is 8.43. The Balaban J connectivity index is 3.32. The van der Waals surface area contributed by atoms with Crippen molar-refractivity contribution in [3.63, 3.8) is 0 Å². The van der Waals surface area contributed by atoms with Crippen molar-refractivity contribution in [2.24, 2.45) is 5.73 Å². The van der Waals surface area contributed by atoms with Crippen molar-refractivity contribution in [3.8, 4) is 5.88 Å². The first-order valence-electron chi connectivity index (χ1n) is 3.14. The number of aromatic hydroxyl groups is 1. The van der Waals surface area contributed by atoms with Crippen LogP contribution in [0.1, 0.15) is 11.4 Å². The van der Waals surface area contributed by atoms with E-state index in [1.54, 1.807) is 0 Å². The van der Waals surface area contributed by atoms with Crippen LogP contribution in [0.4, 0.5) is 0 Å². The summed E-state index contributed by atoms with van der Waals surface area (Å²) in [7, 11) is 0. The minimum atomic E-state index is -0.349. The van der Waals surface area contributed by atoms with Crippen molar-refractivity contribution in [1.29, 1.82) is 0 Å². The zero-order valence-electron chi connectivity index (χ0n) is 6.09. The number of hydrogen-bond acceptors (Lipinski definition) is 4. The minimum absolute atomic E-state index is 0.114. The van der Waals surface area contributed by atoms with E-state index in [1.165, 1.54) is 6.92 Å². The number of nitrogens with two attached hydrogens (primary N) is 1. The van der Waals surface area contributed by atoms with Gasteiger partial charge in [0.15, 0.2) is 0 Å². The van der Waals surface area contributed by atoms with Gasteiger partial charge < -0.3 is 15.8 Å². The standard InChI is InChI=1S/C6H9N3O2/c1-3-5(10)8-4(2-7)9-6(3)11/h2,7H2,1H3,(H2,8,9,10,11). The Morgan fingerprint density at radius 2 is 2.36 bits per heavy atom.